The molecule has 6 rings (SSSR count). The molecular weight excluding hydrogens is 444 g/mol. The van der Waals surface area contributed by atoms with E-state index in [1.807, 2.05) is 52.2 Å². The summed E-state index contributed by atoms with van der Waals surface area (Å²) in [6, 6.07) is 16.2. The second kappa shape index (κ2) is 8.79. The fourth-order valence-corrected chi connectivity index (χ4v) is 4.65. The molecule has 180 valence electrons. The maximum Gasteiger partial charge on any atom is 0.235 e. The number of likely N-dealkylation sites (tertiary alicyclic amines) is 1. The first-order chi connectivity index (χ1) is 17.1. The summed E-state index contributed by atoms with van der Waals surface area (Å²) in [6.07, 6.45) is 4.00. The van der Waals surface area contributed by atoms with E-state index >= 15 is 0 Å². The van der Waals surface area contributed by atoms with Gasteiger partial charge in [-0.1, -0.05) is 41.6 Å². The van der Waals surface area contributed by atoms with Crippen LogP contribution in [-0.4, -0.2) is 72.5 Å². The zero-order chi connectivity index (χ0) is 23.8. The van der Waals surface area contributed by atoms with E-state index in [1.54, 1.807) is 0 Å². The average molecular weight is 473 g/mol. The largest absolute Gasteiger partial charge is 0.392 e. The van der Waals surface area contributed by atoms with Crippen molar-refractivity contribution in [2.24, 2.45) is 0 Å². The molecule has 1 aliphatic carbocycles. The van der Waals surface area contributed by atoms with Gasteiger partial charge in [-0.2, -0.15) is 5.10 Å². The van der Waals surface area contributed by atoms with Gasteiger partial charge in [-0.3, -0.25) is 14.8 Å². The first-order valence-corrected chi connectivity index (χ1v) is 12.0. The molecule has 2 aromatic carbocycles. The lowest BCUT2D eigenvalue weighted by molar-refractivity contribution is -0.122. The van der Waals surface area contributed by atoms with E-state index in [0.29, 0.717) is 25.5 Å². The average Bonchev–Trinajstić information content (AvgIpc) is 3.18. The lowest BCUT2D eigenvalue weighted by Crippen LogP contribution is -2.47. The Labute approximate surface area is 202 Å². The van der Waals surface area contributed by atoms with Crippen molar-refractivity contribution in [3.05, 3.63) is 60.3 Å². The van der Waals surface area contributed by atoms with Crippen LogP contribution in [0.2, 0.25) is 0 Å². The first kappa shape index (κ1) is 21.8. The van der Waals surface area contributed by atoms with Crippen LogP contribution in [0.15, 0.2) is 54.7 Å². The lowest BCUT2D eigenvalue weighted by atomic mass is 10.1. The van der Waals surface area contributed by atoms with E-state index in [1.165, 1.54) is 5.56 Å². The van der Waals surface area contributed by atoms with E-state index < -0.39 is 5.66 Å². The van der Waals surface area contributed by atoms with Crippen LogP contribution in [0.3, 0.4) is 0 Å². The summed E-state index contributed by atoms with van der Waals surface area (Å²) >= 11 is 0. The molecular formula is C25H28N8O2. The number of carbonyl (C=O) groups is 1. The smallest absolute Gasteiger partial charge is 0.235 e. The number of benzene rings is 2. The zero-order valence-electron chi connectivity index (χ0n) is 19.3. The molecule has 10 heteroatoms. The van der Waals surface area contributed by atoms with Gasteiger partial charge in [-0.15, -0.1) is 5.10 Å². The van der Waals surface area contributed by atoms with Gasteiger partial charge in [-0.25, -0.2) is 4.68 Å². The van der Waals surface area contributed by atoms with E-state index in [-0.39, 0.29) is 12.0 Å². The first-order valence-electron chi connectivity index (χ1n) is 12.0. The standard InChI is InChI=1S/C25H28N8O2/c34-19-8-11-32(14-19)16-23(35)26-25(9-10-25)27-24-20-12-18(6-7-21(20)28-30-24)22-15-33(31-29-22)13-17-4-2-1-3-5-17/h1-7,12,15,19,34H,8-11,13-14,16H2,(H,26,35)(H2,27,28,30). The van der Waals surface area contributed by atoms with Crippen molar-refractivity contribution >= 4 is 22.6 Å². The van der Waals surface area contributed by atoms with Gasteiger partial charge in [-0.05, 0) is 37.0 Å². The molecule has 2 fully saturated rings. The summed E-state index contributed by atoms with van der Waals surface area (Å²) in [5.74, 6) is 0.660. The van der Waals surface area contributed by atoms with Gasteiger partial charge < -0.3 is 15.7 Å². The summed E-state index contributed by atoms with van der Waals surface area (Å²) < 4.78 is 1.83. The Hall–Kier alpha value is -3.76. The van der Waals surface area contributed by atoms with Crippen LogP contribution >= 0.6 is 0 Å². The summed E-state index contributed by atoms with van der Waals surface area (Å²) in [7, 11) is 0. The molecule has 1 unspecified atom stereocenters. The normalized spacial score (nSPS) is 19.2. The molecule has 3 heterocycles. The Balaban J connectivity index is 1.16. The van der Waals surface area contributed by atoms with Crippen LogP contribution in [0, 0.1) is 0 Å². The van der Waals surface area contributed by atoms with Crippen LogP contribution in [0.1, 0.15) is 24.8 Å². The third-order valence-electron chi connectivity index (χ3n) is 6.69. The molecule has 2 aliphatic rings. The number of aliphatic hydroxyl groups is 1. The molecule has 0 radical (unpaired) electrons. The maximum atomic E-state index is 12.6. The molecule has 1 saturated carbocycles. The van der Waals surface area contributed by atoms with Crippen LogP contribution in [0.4, 0.5) is 5.82 Å². The summed E-state index contributed by atoms with van der Waals surface area (Å²) in [4.78, 5) is 14.6. The Morgan fingerprint density at radius 3 is 2.83 bits per heavy atom. The molecule has 4 N–H and O–H groups in total. The zero-order valence-corrected chi connectivity index (χ0v) is 19.3. The van der Waals surface area contributed by atoms with Gasteiger partial charge in [0, 0.05) is 24.0 Å². The minimum atomic E-state index is -0.480. The maximum absolute atomic E-state index is 12.6. The molecule has 10 nitrogen and oxygen atoms in total. The lowest BCUT2D eigenvalue weighted by Gasteiger charge is -2.21. The molecule has 35 heavy (non-hydrogen) atoms. The summed E-state index contributed by atoms with van der Waals surface area (Å²) in [5, 5.41) is 33.4. The predicted octanol–water partition coefficient (Wildman–Crippen LogP) is 1.95. The summed E-state index contributed by atoms with van der Waals surface area (Å²) in [5.41, 5.74) is 3.33. The van der Waals surface area contributed by atoms with E-state index in [2.05, 4.69) is 43.3 Å². The van der Waals surface area contributed by atoms with Gasteiger partial charge in [0.05, 0.1) is 30.9 Å². The molecule has 4 aromatic rings. The highest BCUT2D eigenvalue weighted by molar-refractivity contribution is 5.93. The van der Waals surface area contributed by atoms with Gasteiger partial charge in [0.1, 0.15) is 11.4 Å². The molecule has 1 aliphatic heterocycles. The number of nitrogens with one attached hydrogen (secondary N) is 3. The monoisotopic (exact) mass is 472 g/mol. The van der Waals surface area contributed by atoms with Crippen molar-refractivity contribution in [3.8, 4) is 11.3 Å². The number of carbonyl (C=O) groups excluding carboxylic acids is 1. The number of hydrogen-bond acceptors (Lipinski definition) is 7. The number of H-pyrrole nitrogens is 1. The Bertz CT molecular complexity index is 1340. The van der Waals surface area contributed by atoms with Crippen molar-refractivity contribution < 1.29 is 9.90 Å². The van der Waals surface area contributed by atoms with E-state index in [9.17, 15) is 9.90 Å². The van der Waals surface area contributed by atoms with Crippen molar-refractivity contribution in [2.75, 3.05) is 25.0 Å². The highest BCUT2D eigenvalue weighted by atomic mass is 16.3. The fraction of sp³-hybridized carbons (Fsp3) is 0.360. The van der Waals surface area contributed by atoms with Crippen LogP contribution in [-0.2, 0) is 11.3 Å². The highest BCUT2D eigenvalue weighted by Gasteiger charge is 2.45. The number of hydrogen-bond donors (Lipinski definition) is 4. The molecule has 0 spiro atoms. The summed E-state index contributed by atoms with van der Waals surface area (Å²) in [6.45, 7) is 2.26. The number of anilines is 1. The molecule has 1 atom stereocenters. The molecule has 0 bridgehead atoms. The van der Waals surface area contributed by atoms with Gasteiger partial charge in [0.15, 0.2) is 5.82 Å². The van der Waals surface area contributed by atoms with Crippen molar-refractivity contribution in [1.82, 2.24) is 35.4 Å². The minimum absolute atomic E-state index is 0.0420. The van der Waals surface area contributed by atoms with Crippen molar-refractivity contribution in [1.29, 1.82) is 0 Å². The number of aromatic amines is 1. The number of nitrogens with zero attached hydrogens (tertiary/aromatic N) is 5. The topological polar surface area (TPSA) is 124 Å². The number of rotatable bonds is 8. The SMILES string of the molecule is O=C(CN1CCC(O)C1)NC1(Nc2n[nH]c3ccc(-c4cn(Cc5ccccc5)nn4)cc23)CC1. The minimum Gasteiger partial charge on any atom is -0.392 e. The van der Waals surface area contributed by atoms with Crippen LogP contribution < -0.4 is 10.6 Å². The van der Waals surface area contributed by atoms with Crippen LogP contribution in [0.5, 0.6) is 0 Å². The van der Waals surface area contributed by atoms with Crippen LogP contribution in [0.25, 0.3) is 22.2 Å². The van der Waals surface area contributed by atoms with E-state index in [0.717, 1.165) is 48.0 Å². The number of β-amino-alcohol motifs (C(OH)–C–C–N with tert-alkyl or cyclic N) is 1. The number of fused-ring (bicyclic) bond motifs is 1. The second-order valence-corrected chi connectivity index (χ2v) is 9.55. The second-order valence-electron chi connectivity index (χ2n) is 9.55. The molecule has 1 saturated heterocycles. The Morgan fingerprint density at radius 2 is 2.06 bits per heavy atom. The fourth-order valence-electron chi connectivity index (χ4n) is 4.65. The van der Waals surface area contributed by atoms with Gasteiger partial charge >= 0.3 is 0 Å². The van der Waals surface area contributed by atoms with Gasteiger partial charge in [0.25, 0.3) is 0 Å². The Morgan fingerprint density at radius 1 is 1.20 bits per heavy atom. The third kappa shape index (κ3) is 4.75. The van der Waals surface area contributed by atoms with E-state index in [4.69, 9.17) is 0 Å². The van der Waals surface area contributed by atoms with Crippen molar-refractivity contribution in [3.63, 3.8) is 0 Å². The Kier molecular flexibility index (Phi) is 5.46. The quantitative estimate of drug-likeness (QED) is 0.289. The third-order valence-corrected chi connectivity index (χ3v) is 6.69. The van der Waals surface area contributed by atoms with Crippen molar-refractivity contribution in [2.45, 2.75) is 37.6 Å². The number of amides is 1. The molecule has 1 amide bonds. The predicted molar refractivity (Wildman–Crippen MR) is 131 cm³/mol. The van der Waals surface area contributed by atoms with Gasteiger partial charge in [0.2, 0.25) is 5.91 Å². The molecule has 2 aromatic heterocycles. The number of aromatic nitrogens is 5. The number of aliphatic hydroxyl groups excluding tert-OH is 1. The highest BCUT2D eigenvalue weighted by Crippen LogP contribution is 2.38.